The van der Waals surface area contributed by atoms with Gasteiger partial charge in [-0.25, -0.2) is 0 Å². The number of hydrogen-bond acceptors (Lipinski definition) is 2. The predicted octanol–water partition coefficient (Wildman–Crippen LogP) is 1.93. The maximum Gasteiger partial charge on any atom is 0.223 e. The second-order valence-electron chi connectivity index (χ2n) is 4.95. The number of carbonyl (C=O) groups is 1. The first-order chi connectivity index (χ1) is 7.74. The van der Waals surface area contributed by atoms with Gasteiger partial charge in [-0.05, 0) is 51.1 Å². The number of amides is 1. The molecular weight excluding hydrogens is 200 g/mol. The molecule has 0 saturated heterocycles. The van der Waals surface area contributed by atoms with E-state index in [0.29, 0.717) is 0 Å². The summed E-state index contributed by atoms with van der Waals surface area (Å²) in [7, 11) is 0. The number of carbonyl (C=O) groups excluding carboxylic acids is 1. The van der Waals surface area contributed by atoms with Gasteiger partial charge < -0.3 is 10.6 Å². The minimum Gasteiger partial charge on any atom is -0.356 e. The molecule has 1 amide bonds. The quantitative estimate of drug-likeness (QED) is 0.679. The maximum absolute atomic E-state index is 11.8. The molecule has 1 rings (SSSR count). The zero-order chi connectivity index (χ0) is 11.8. The van der Waals surface area contributed by atoms with Crippen molar-refractivity contribution in [3.05, 3.63) is 0 Å². The Bertz CT molecular complexity index is 198. The molecule has 3 heteroatoms. The Labute approximate surface area is 99.4 Å². The van der Waals surface area contributed by atoms with E-state index in [1.165, 1.54) is 12.8 Å². The third-order valence-electron chi connectivity index (χ3n) is 3.47. The predicted molar refractivity (Wildman–Crippen MR) is 67.3 cm³/mol. The van der Waals surface area contributed by atoms with Gasteiger partial charge in [0.25, 0.3) is 0 Å². The molecule has 0 radical (unpaired) electrons. The Morgan fingerprint density at radius 3 is 2.50 bits per heavy atom. The summed E-state index contributed by atoms with van der Waals surface area (Å²) in [6.45, 7) is 7.21. The summed E-state index contributed by atoms with van der Waals surface area (Å²) in [4.78, 5) is 11.8. The molecule has 94 valence electrons. The summed E-state index contributed by atoms with van der Waals surface area (Å²) in [5.74, 6) is 1.39. The fourth-order valence-electron chi connectivity index (χ4n) is 2.27. The van der Waals surface area contributed by atoms with Crippen LogP contribution in [0.25, 0.3) is 0 Å². The van der Waals surface area contributed by atoms with E-state index in [9.17, 15) is 4.79 Å². The SMILES string of the molecule is CCNCCCNC(=O)C1CCC(C)CC1. The first kappa shape index (κ1) is 13.5. The molecule has 1 fully saturated rings. The van der Waals surface area contributed by atoms with Crippen molar-refractivity contribution in [1.82, 2.24) is 10.6 Å². The molecule has 0 aliphatic heterocycles. The lowest BCUT2D eigenvalue weighted by Gasteiger charge is -2.25. The molecule has 1 aliphatic carbocycles. The Balaban J connectivity index is 2.06. The van der Waals surface area contributed by atoms with Crippen molar-refractivity contribution >= 4 is 5.91 Å². The van der Waals surface area contributed by atoms with Gasteiger partial charge in [-0.15, -0.1) is 0 Å². The second kappa shape index (κ2) is 7.66. The first-order valence-corrected chi connectivity index (χ1v) is 6.72. The number of rotatable bonds is 6. The van der Waals surface area contributed by atoms with E-state index in [-0.39, 0.29) is 11.8 Å². The number of hydrogen-bond donors (Lipinski definition) is 2. The molecule has 0 spiro atoms. The highest BCUT2D eigenvalue weighted by molar-refractivity contribution is 5.78. The molecule has 0 aromatic carbocycles. The van der Waals surface area contributed by atoms with E-state index in [2.05, 4.69) is 24.5 Å². The van der Waals surface area contributed by atoms with Crippen molar-refractivity contribution in [1.29, 1.82) is 0 Å². The lowest BCUT2D eigenvalue weighted by molar-refractivity contribution is -0.126. The largest absolute Gasteiger partial charge is 0.356 e. The average Bonchev–Trinajstić information content (AvgIpc) is 2.29. The fourth-order valence-corrected chi connectivity index (χ4v) is 2.27. The van der Waals surface area contributed by atoms with Crippen LogP contribution in [0.4, 0.5) is 0 Å². The summed E-state index contributed by atoms with van der Waals surface area (Å²) < 4.78 is 0. The van der Waals surface area contributed by atoms with Crippen molar-refractivity contribution in [3.63, 3.8) is 0 Å². The van der Waals surface area contributed by atoms with Gasteiger partial charge in [-0.2, -0.15) is 0 Å². The van der Waals surface area contributed by atoms with Crippen LogP contribution in [0.3, 0.4) is 0 Å². The van der Waals surface area contributed by atoms with Gasteiger partial charge in [0, 0.05) is 12.5 Å². The molecule has 0 unspecified atom stereocenters. The summed E-state index contributed by atoms with van der Waals surface area (Å²) in [5.41, 5.74) is 0. The lowest BCUT2D eigenvalue weighted by Crippen LogP contribution is -2.34. The highest BCUT2D eigenvalue weighted by atomic mass is 16.1. The minimum absolute atomic E-state index is 0.281. The van der Waals surface area contributed by atoms with Crippen molar-refractivity contribution < 1.29 is 4.79 Å². The molecule has 1 aliphatic rings. The molecule has 3 nitrogen and oxygen atoms in total. The molecule has 0 heterocycles. The Hall–Kier alpha value is -0.570. The van der Waals surface area contributed by atoms with Crippen molar-refractivity contribution in [2.75, 3.05) is 19.6 Å². The van der Waals surface area contributed by atoms with Crippen LogP contribution >= 0.6 is 0 Å². The van der Waals surface area contributed by atoms with Crippen LogP contribution < -0.4 is 10.6 Å². The van der Waals surface area contributed by atoms with Gasteiger partial charge in [-0.3, -0.25) is 4.79 Å². The minimum atomic E-state index is 0.281. The zero-order valence-electron chi connectivity index (χ0n) is 10.7. The normalized spacial score (nSPS) is 25.4. The first-order valence-electron chi connectivity index (χ1n) is 6.72. The van der Waals surface area contributed by atoms with Gasteiger partial charge in [0.2, 0.25) is 5.91 Å². The van der Waals surface area contributed by atoms with E-state index < -0.39 is 0 Å². The Kier molecular flexibility index (Phi) is 6.46. The van der Waals surface area contributed by atoms with E-state index >= 15 is 0 Å². The average molecular weight is 226 g/mol. The van der Waals surface area contributed by atoms with Crippen LogP contribution in [0.1, 0.15) is 46.0 Å². The van der Waals surface area contributed by atoms with Crippen LogP contribution in [0.15, 0.2) is 0 Å². The van der Waals surface area contributed by atoms with Gasteiger partial charge >= 0.3 is 0 Å². The zero-order valence-corrected chi connectivity index (χ0v) is 10.7. The molecule has 1 saturated carbocycles. The van der Waals surface area contributed by atoms with E-state index in [4.69, 9.17) is 0 Å². The van der Waals surface area contributed by atoms with Crippen LogP contribution in [0.5, 0.6) is 0 Å². The van der Waals surface area contributed by atoms with Crippen LogP contribution in [0, 0.1) is 11.8 Å². The molecule has 0 aromatic rings. The van der Waals surface area contributed by atoms with Crippen LogP contribution in [-0.2, 0) is 4.79 Å². The van der Waals surface area contributed by atoms with Crippen molar-refractivity contribution in [2.45, 2.75) is 46.0 Å². The van der Waals surface area contributed by atoms with Crippen LogP contribution in [-0.4, -0.2) is 25.5 Å². The highest BCUT2D eigenvalue weighted by Crippen LogP contribution is 2.28. The van der Waals surface area contributed by atoms with Gasteiger partial charge in [0.05, 0.1) is 0 Å². The molecule has 0 bridgehead atoms. The summed E-state index contributed by atoms with van der Waals surface area (Å²) in [5, 5.41) is 6.30. The van der Waals surface area contributed by atoms with Gasteiger partial charge in [0.15, 0.2) is 0 Å². The second-order valence-corrected chi connectivity index (χ2v) is 4.95. The molecule has 0 atom stereocenters. The molecular formula is C13H26N2O. The third kappa shape index (κ3) is 4.97. The Morgan fingerprint density at radius 2 is 1.88 bits per heavy atom. The molecule has 16 heavy (non-hydrogen) atoms. The van der Waals surface area contributed by atoms with Gasteiger partial charge in [-0.1, -0.05) is 13.8 Å². The van der Waals surface area contributed by atoms with Crippen molar-refractivity contribution in [2.24, 2.45) is 11.8 Å². The molecule has 2 N–H and O–H groups in total. The Morgan fingerprint density at radius 1 is 1.19 bits per heavy atom. The standard InChI is InChI=1S/C13H26N2O/c1-3-14-9-4-10-15-13(16)12-7-5-11(2)6-8-12/h11-12,14H,3-10H2,1-2H3,(H,15,16). The van der Waals surface area contributed by atoms with E-state index in [1.807, 2.05) is 0 Å². The van der Waals surface area contributed by atoms with Crippen molar-refractivity contribution in [3.8, 4) is 0 Å². The van der Waals surface area contributed by atoms with E-state index in [0.717, 1.165) is 44.8 Å². The third-order valence-corrected chi connectivity index (χ3v) is 3.47. The fraction of sp³-hybridized carbons (Fsp3) is 0.923. The van der Waals surface area contributed by atoms with E-state index in [1.54, 1.807) is 0 Å². The van der Waals surface area contributed by atoms with Gasteiger partial charge in [0.1, 0.15) is 0 Å². The number of nitrogens with one attached hydrogen (secondary N) is 2. The van der Waals surface area contributed by atoms with Crippen LogP contribution in [0.2, 0.25) is 0 Å². The highest BCUT2D eigenvalue weighted by Gasteiger charge is 2.23. The monoisotopic (exact) mass is 226 g/mol. The maximum atomic E-state index is 11.8. The summed E-state index contributed by atoms with van der Waals surface area (Å²) in [6.07, 6.45) is 5.63. The molecule has 0 aromatic heterocycles. The summed E-state index contributed by atoms with van der Waals surface area (Å²) in [6, 6.07) is 0. The lowest BCUT2D eigenvalue weighted by atomic mass is 9.82. The summed E-state index contributed by atoms with van der Waals surface area (Å²) >= 11 is 0. The topological polar surface area (TPSA) is 41.1 Å². The smallest absolute Gasteiger partial charge is 0.223 e.